The highest BCUT2D eigenvalue weighted by Crippen LogP contribution is 2.32. The molecule has 2 aromatic heterocycles. The van der Waals surface area contributed by atoms with E-state index in [1.807, 2.05) is 18.3 Å². The molecule has 0 aliphatic carbocycles. The summed E-state index contributed by atoms with van der Waals surface area (Å²) in [6.07, 6.45) is 13.7. The number of carboxylic acids is 1. The first kappa shape index (κ1) is 25.2. The zero-order chi connectivity index (χ0) is 24.5. The van der Waals surface area contributed by atoms with Crippen molar-refractivity contribution >= 4 is 16.9 Å². The SMILES string of the molecule is COc1ccc2nccc(CCC[C@@H]3CCN(CCCCc4ncco4)C[C@@H]3CCC(=O)O)c2c1. The number of hydrogen-bond acceptors (Lipinski definition) is 6. The molecular formula is C28H37N3O4. The van der Waals surface area contributed by atoms with Crippen LogP contribution in [0, 0.1) is 11.8 Å². The quantitative estimate of drug-likeness (QED) is 0.329. The number of nitrogens with zero attached hydrogens (tertiary/aromatic N) is 3. The van der Waals surface area contributed by atoms with Crippen LogP contribution in [0.4, 0.5) is 0 Å². The molecule has 7 heteroatoms. The lowest BCUT2D eigenvalue weighted by molar-refractivity contribution is -0.137. The van der Waals surface area contributed by atoms with Gasteiger partial charge in [0.25, 0.3) is 0 Å². The third-order valence-corrected chi connectivity index (χ3v) is 7.36. The van der Waals surface area contributed by atoms with Crippen molar-refractivity contribution < 1.29 is 19.1 Å². The number of oxazole rings is 1. The van der Waals surface area contributed by atoms with Gasteiger partial charge < -0.3 is 19.2 Å². The van der Waals surface area contributed by atoms with Crippen LogP contribution in [-0.4, -0.2) is 52.7 Å². The summed E-state index contributed by atoms with van der Waals surface area (Å²) in [6, 6.07) is 8.16. The minimum Gasteiger partial charge on any atom is -0.497 e. The van der Waals surface area contributed by atoms with Crippen LogP contribution in [0.25, 0.3) is 10.9 Å². The first-order valence-electron chi connectivity index (χ1n) is 12.9. The number of ether oxygens (including phenoxy) is 1. The van der Waals surface area contributed by atoms with Crippen LogP contribution in [0.2, 0.25) is 0 Å². The summed E-state index contributed by atoms with van der Waals surface area (Å²) in [6.45, 7) is 3.16. The average Bonchev–Trinajstić information content (AvgIpc) is 3.39. The topological polar surface area (TPSA) is 88.7 Å². The Morgan fingerprint density at radius 2 is 2.03 bits per heavy atom. The number of unbranched alkanes of at least 4 members (excludes halogenated alkanes) is 1. The maximum Gasteiger partial charge on any atom is 0.303 e. The van der Waals surface area contributed by atoms with Crippen LogP contribution in [-0.2, 0) is 17.6 Å². The number of pyridine rings is 1. The van der Waals surface area contributed by atoms with E-state index < -0.39 is 5.97 Å². The van der Waals surface area contributed by atoms with Crippen molar-refractivity contribution in [1.29, 1.82) is 0 Å². The molecule has 7 nitrogen and oxygen atoms in total. The van der Waals surface area contributed by atoms with Gasteiger partial charge in [0.05, 0.1) is 18.8 Å². The fourth-order valence-corrected chi connectivity index (χ4v) is 5.45. The second-order valence-corrected chi connectivity index (χ2v) is 9.67. The van der Waals surface area contributed by atoms with Crippen LogP contribution in [0.5, 0.6) is 5.75 Å². The minimum atomic E-state index is -0.691. The number of likely N-dealkylation sites (tertiary alicyclic amines) is 1. The van der Waals surface area contributed by atoms with Gasteiger partial charge in [-0.2, -0.15) is 0 Å². The smallest absolute Gasteiger partial charge is 0.303 e. The molecule has 0 spiro atoms. The second kappa shape index (κ2) is 12.7. The molecule has 0 bridgehead atoms. The Morgan fingerprint density at radius 1 is 1.11 bits per heavy atom. The fourth-order valence-electron chi connectivity index (χ4n) is 5.45. The Labute approximate surface area is 207 Å². The fraction of sp³-hybridized carbons (Fsp3) is 0.536. The Balaban J connectivity index is 1.29. The summed E-state index contributed by atoms with van der Waals surface area (Å²) >= 11 is 0. The van der Waals surface area contributed by atoms with Crippen molar-refractivity contribution in [2.75, 3.05) is 26.7 Å². The summed E-state index contributed by atoms with van der Waals surface area (Å²) in [7, 11) is 1.69. The highest BCUT2D eigenvalue weighted by atomic mass is 16.5. The zero-order valence-electron chi connectivity index (χ0n) is 20.7. The van der Waals surface area contributed by atoms with Crippen molar-refractivity contribution in [2.24, 2.45) is 11.8 Å². The summed E-state index contributed by atoms with van der Waals surface area (Å²) in [5.41, 5.74) is 2.30. The number of aliphatic carboxylic acids is 1. The molecule has 1 saturated heterocycles. The van der Waals surface area contributed by atoms with Crippen molar-refractivity contribution in [2.45, 2.75) is 57.8 Å². The molecule has 1 N–H and O–H groups in total. The van der Waals surface area contributed by atoms with Gasteiger partial charge >= 0.3 is 5.97 Å². The Kier molecular flexibility index (Phi) is 9.12. The van der Waals surface area contributed by atoms with E-state index >= 15 is 0 Å². The molecule has 35 heavy (non-hydrogen) atoms. The number of carbonyl (C=O) groups is 1. The van der Waals surface area contributed by atoms with Crippen LogP contribution in [0.15, 0.2) is 47.3 Å². The summed E-state index contributed by atoms with van der Waals surface area (Å²) in [4.78, 5) is 22.5. The highest BCUT2D eigenvalue weighted by Gasteiger charge is 2.29. The van der Waals surface area contributed by atoms with Crippen molar-refractivity contribution in [1.82, 2.24) is 14.9 Å². The van der Waals surface area contributed by atoms with Gasteiger partial charge in [0.2, 0.25) is 0 Å². The molecule has 1 aliphatic heterocycles. The molecule has 3 aromatic rings. The number of fused-ring (bicyclic) bond motifs is 1. The monoisotopic (exact) mass is 479 g/mol. The molecule has 4 rings (SSSR count). The molecule has 188 valence electrons. The van der Waals surface area contributed by atoms with Crippen LogP contribution < -0.4 is 4.74 Å². The second-order valence-electron chi connectivity index (χ2n) is 9.67. The first-order valence-corrected chi connectivity index (χ1v) is 12.9. The van der Waals surface area contributed by atoms with Gasteiger partial charge in [-0.1, -0.05) is 0 Å². The predicted octanol–water partition coefficient (Wildman–Crippen LogP) is 5.38. The van der Waals surface area contributed by atoms with Gasteiger partial charge in [-0.15, -0.1) is 0 Å². The van der Waals surface area contributed by atoms with Gasteiger partial charge in [0.15, 0.2) is 5.89 Å². The summed E-state index contributed by atoms with van der Waals surface area (Å²) in [5.74, 6) is 2.00. The molecule has 0 unspecified atom stereocenters. The number of benzene rings is 1. The average molecular weight is 480 g/mol. The molecule has 0 amide bonds. The maximum atomic E-state index is 11.3. The van der Waals surface area contributed by atoms with Crippen LogP contribution in [0.1, 0.15) is 56.4 Å². The number of rotatable bonds is 13. The number of methoxy groups -OCH3 is 1. The molecule has 1 aromatic carbocycles. The number of aromatic nitrogens is 2. The molecule has 0 radical (unpaired) electrons. The minimum absolute atomic E-state index is 0.258. The number of aryl methyl sites for hydroxylation is 2. The lowest BCUT2D eigenvalue weighted by Gasteiger charge is -2.39. The lowest BCUT2D eigenvalue weighted by atomic mass is 9.79. The summed E-state index contributed by atoms with van der Waals surface area (Å²) in [5, 5.41) is 10.4. The first-order chi connectivity index (χ1) is 17.1. The van der Waals surface area contributed by atoms with E-state index in [2.05, 4.69) is 27.0 Å². The number of hydrogen-bond donors (Lipinski definition) is 1. The van der Waals surface area contributed by atoms with E-state index in [9.17, 15) is 9.90 Å². The Hall–Kier alpha value is -2.93. The number of carboxylic acid groups (broad SMARTS) is 1. The Morgan fingerprint density at radius 3 is 2.83 bits per heavy atom. The zero-order valence-corrected chi connectivity index (χ0v) is 20.7. The van der Waals surface area contributed by atoms with Crippen molar-refractivity contribution in [3.63, 3.8) is 0 Å². The lowest BCUT2D eigenvalue weighted by Crippen LogP contribution is -2.41. The largest absolute Gasteiger partial charge is 0.497 e. The predicted molar refractivity (Wildman–Crippen MR) is 136 cm³/mol. The molecule has 1 aliphatic rings. The molecule has 1 fully saturated rings. The van der Waals surface area contributed by atoms with Gasteiger partial charge in [-0.25, -0.2) is 4.98 Å². The Bertz CT molecular complexity index is 1070. The van der Waals surface area contributed by atoms with Gasteiger partial charge in [-0.05, 0) is 99.7 Å². The van der Waals surface area contributed by atoms with Crippen LogP contribution in [0.3, 0.4) is 0 Å². The van der Waals surface area contributed by atoms with E-state index in [-0.39, 0.29) is 6.42 Å². The van der Waals surface area contributed by atoms with E-state index in [0.717, 1.165) is 93.5 Å². The van der Waals surface area contributed by atoms with E-state index in [4.69, 9.17) is 9.15 Å². The third-order valence-electron chi connectivity index (χ3n) is 7.36. The molecule has 0 saturated carbocycles. The van der Waals surface area contributed by atoms with Gasteiger partial charge in [0, 0.05) is 31.0 Å². The van der Waals surface area contributed by atoms with E-state index in [1.54, 1.807) is 19.6 Å². The molecular weight excluding hydrogens is 442 g/mol. The highest BCUT2D eigenvalue weighted by molar-refractivity contribution is 5.83. The molecule has 3 heterocycles. The van der Waals surface area contributed by atoms with Gasteiger partial charge in [-0.3, -0.25) is 9.78 Å². The standard InChI is InChI=1S/C28H37N3O4/c1-34-24-9-10-26-25(19-24)22(12-14-29-26)6-4-5-21-13-17-31(20-23(21)8-11-28(32)33)16-3-2-7-27-30-15-18-35-27/h9-10,12,14-15,18-19,21,23H,2-8,11,13,16-17,20H2,1H3,(H,32,33)/t21-,23+/m1/s1. The number of piperidine rings is 1. The van der Waals surface area contributed by atoms with Gasteiger partial charge in [0.1, 0.15) is 12.0 Å². The third kappa shape index (κ3) is 7.28. The van der Waals surface area contributed by atoms with Crippen molar-refractivity contribution in [3.8, 4) is 5.75 Å². The van der Waals surface area contributed by atoms with Crippen molar-refractivity contribution in [3.05, 3.63) is 54.4 Å². The van der Waals surface area contributed by atoms with E-state index in [0.29, 0.717) is 11.8 Å². The normalized spacial score (nSPS) is 18.7. The van der Waals surface area contributed by atoms with E-state index in [1.165, 1.54) is 5.56 Å². The van der Waals surface area contributed by atoms with Crippen LogP contribution >= 0.6 is 0 Å². The maximum absolute atomic E-state index is 11.3. The molecule has 2 atom stereocenters. The summed E-state index contributed by atoms with van der Waals surface area (Å²) < 4.78 is 10.7.